The lowest BCUT2D eigenvalue weighted by atomic mass is 9.97. The summed E-state index contributed by atoms with van der Waals surface area (Å²) < 4.78 is 42.2. The summed E-state index contributed by atoms with van der Waals surface area (Å²) in [6.07, 6.45) is 4.63. The van der Waals surface area contributed by atoms with E-state index >= 15 is 0 Å². The van der Waals surface area contributed by atoms with E-state index < -0.39 is 15.6 Å². The number of aromatic nitrogens is 1. The number of nitrogens with one attached hydrogen (secondary N) is 4. The molecule has 264 valence electrons. The summed E-state index contributed by atoms with van der Waals surface area (Å²) in [7, 11) is -1.58. The van der Waals surface area contributed by atoms with Gasteiger partial charge in [-0.15, -0.1) is 0 Å². The van der Waals surface area contributed by atoms with Crippen LogP contribution in [0.15, 0.2) is 12.1 Å². The molecule has 3 fully saturated rings. The highest BCUT2D eigenvalue weighted by molar-refractivity contribution is 7.88. The fraction of sp³-hybridized carbons (Fsp3) is 0.710. The second-order valence-electron chi connectivity index (χ2n) is 13.1. The Morgan fingerprint density at radius 2 is 1.70 bits per heavy atom. The molecular weight excluding hydrogens is 647 g/mol. The average molecular weight is 698 g/mol. The lowest BCUT2D eigenvalue weighted by molar-refractivity contribution is 0.0516. The first-order valence-electron chi connectivity index (χ1n) is 16.3. The number of carbonyl (C=O) groups is 2. The van der Waals surface area contributed by atoms with Gasteiger partial charge in [-0.25, -0.2) is 27.7 Å². The minimum Gasteiger partial charge on any atom is -0.494 e. The summed E-state index contributed by atoms with van der Waals surface area (Å²) in [6, 6.07) is 3.75. The highest BCUT2D eigenvalue weighted by Crippen LogP contribution is 2.39. The van der Waals surface area contributed by atoms with Gasteiger partial charge in [-0.05, 0) is 83.5 Å². The summed E-state index contributed by atoms with van der Waals surface area (Å²) in [5.74, 6) is 1.50. The summed E-state index contributed by atoms with van der Waals surface area (Å²) in [5, 5.41) is 9.59. The SMILES string of the molecule is CC(C)(C)OC(=O)NCC1CCNCC1.COc1ccc(N2CCOCC2)c2sc(NC(=O)N3CCC(CNS(C)(=O)=O)CC3)nc12. The number of sulfonamides is 1. The number of urea groups is 1. The van der Waals surface area contributed by atoms with Crippen molar-refractivity contribution in [2.45, 2.75) is 52.1 Å². The van der Waals surface area contributed by atoms with Crippen LogP contribution in [0.5, 0.6) is 5.75 Å². The van der Waals surface area contributed by atoms with Gasteiger partial charge in [0, 0.05) is 39.3 Å². The van der Waals surface area contributed by atoms with Crippen LogP contribution in [0.1, 0.15) is 46.5 Å². The summed E-state index contributed by atoms with van der Waals surface area (Å²) in [6.45, 7) is 13.0. The first kappa shape index (κ1) is 36.9. The number of amides is 3. The van der Waals surface area contributed by atoms with E-state index in [1.165, 1.54) is 11.3 Å². The Balaban J connectivity index is 0.000000280. The highest BCUT2D eigenvalue weighted by atomic mass is 32.2. The van der Waals surface area contributed by atoms with Crippen LogP contribution in [0.25, 0.3) is 10.2 Å². The van der Waals surface area contributed by atoms with Gasteiger partial charge in [0.15, 0.2) is 5.13 Å². The zero-order valence-corrected chi connectivity index (χ0v) is 29.9. The molecule has 3 saturated heterocycles. The third-order valence-electron chi connectivity index (χ3n) is 8.20. The number of methoxy groups -OCH3 is 1. The maximum Gasteiger partial charge on any atom is 0.407 e. The van der Waals surface area contributed by atoms with Crippen molar-refractivity contribution in [3.8, 4) is 5.75 Å². The van der Waals surface area contributed by atoms with Crippen molar-refractivity contribution in [3.63, 3.8) is 0 Å². The number of alkyl carbamates (subject to hydrolysis) is 1. The van der Waals surface area contributed by atoms with E-state index in [1.807, 2.05) is 32.9 Å². The molecule has 0 unspecified atom stereocenters. The van der Waals surface area contributed by atoms with Gasteiger partial charge in [-0.2, -0.15) is 0 Å². The van der Waals surface area contributed by atoms with Crippen LogP contribution >= 0.6 is 11.3 Å². The van der Waals surface area contributed by atoms with Crippen molar-refractivity contribution in [2.24, 2.45) is 11.8 Å². The normalized spacial score (nSPS) is 18.3. The number of piperidine rings is 2. The quantitative estimate of drug-likeness (QED) is 0.321. The van der Waals surface area contributed by atoms with Crippen molar-refractivity contribution in [2.75, 3.05) is 89.2 Å². The third kappa shape index (κ3) is 11.9. The van der Waals surface area contributed by atoms with E-state index in [0.717, 1.165) is 80.6 Å². The van der Waals surface area contributed by atoms with Crippen LogP contribution in [-0.4, -0.2) is 115 Å². The monoisotopic (exact) mass is 697 g/mol. The Bertz CT molecular complexity index is 1430. The molecule has 0 bridgehead atoms. The molecule has 3 amide bonds. The number of morpholine rings is 1. The van der Waals surface area contributed by atoms with Gasteiger partial charge in [0.2, 0.25) is 10.0 Å². The molecule has 4 N–H and O–H groups in total. The molecule has 0 atom stereocenters. The van der Waals surface area contributed by atoms with Crippen LogP contribution in [0.4, 0.5) is 20.4 Å². The van der Waals surface area contributed by atoms with Gasteiger partial charge in [-0.1, -0.05) is 11.3 Å². The molecule has 14 nitrogen and oxygen atoms in total. The second-order valence-corrected chi connectivity index (χ2v) is 16.0. The average Bonchev–Trinajstić information content (AvgIpc) is 3.46. The van der Waals surface area contributed by atoms with Gasteiger partial charge < -0.3 is 34.6 Å². The number of ether oxygens (including phenoxy) is 3. The molecule has 47 heavy (non-hydrogen) atoms. The number of likely N-dealkylation sites (tertiary alicyclic amines) is 1. The van der Waals surface area contributed by atoms with E-state index in [1.54, 1.807) is 12.0 Å². The zero-order chi connectivity index (χ0) is 34.0. The predicted octanol–water partition coefficient (Wildman–Crippen LogP) is 3.45. The molecule has 2 aromatic rings. The second kappa shape index (κ2) is 17.0. The van der Waals surface area contributed by atoms with Crippen molar-refractivity contribution in [3.05, 3.63) is 12.1 Å². The number of thiazole rings is 1. The van der Waals surface area contributed by atoms with E-state index in [0.29, 0.717) is 49.6 Å². The predicted molar refractivity (Wildman–Crippen MR) is 185 cm³/mol. The van der Waals surface area contributed by atoms with E-state index in [2.05, 4.69) is 30.6 Å². The molecule has 0 saturated carbocycles. The molecule has 1 aromatic carbocycles. The Kier molecular flexibility index (Phi) is 13.3. The minimum absolute atomic E-state index is 0.189. The molecule has 4 heterocycles. The molecule has 0 radical (unpaired) electrons. The number of benzene rings is 1. The van der Waals surface area contributed by atoms with Gasteiger partial charge in [0.25, 0.3) is 0 Å². The maximum atomic E-state index is 12.8. The lowest BCUT2D eigenvalue weighted by Gasteiger charge is -2.31. The first-order valence-corrected chi connectivity index (χ1v) is 19.0. The van der Waals surface area contributed by atoms with Crippen molar-refractivity contribution < 1.29 is 32.2 Å². The number of anilines is 2. The van der Waals surface area contributed by atoms with E-state index in [-0.39, 0.29) is 18.0 Å². The minimum atomic E-state index is -3.19. The zero-order valence-electron chi connectivity index (χ0n) is 28.2. The van der Waals surface area contributed by atoms with Crippen LogP contribution in [0.3, 0.4) is 0 Å². The lowest BCUT2D eigenvalue weighted by Crippen LogP contribution is -2.43. The van der Waals surface area contributed by atoms with Crippen LogP contribution < -0.4 is 30.3 Å². The number of nitrogens with zero attached hydrogens (tertiary/aromatic N) is 3. The molecular formula is C31H51N7O7S2. The van der Waals surface area contributed by atoms with Gasteiger partial charge in [0.1, 0.15) is 16.9 Å². The molecule has 3 aliphatic heterocycles. The Morgan fingerprint density at radius 3 is 2.32 bits per heavy atom. The molecule has 0 spiro atoms. The molecule has 1 aromatic heterocycles. The first-order chi connectivity index (χ1) is 22.3. The smallest absolute Gasteiger partial charge is 0.407 e. The van der Waals surface area contributed by atoms with Gasteiger partial charge in [0.05, 0.1) is 37.0 Å². The summed E-state index contributed by atoms with van der Waals surface area (Å²) in [5.41, 5.74) is 1.40. The third-order valence-corrected chi connectivity index (χ3v) is 9.88. The van der Waals surface area contributed by atoms with Crippen molar-refractivity contribution >= 4 is 54.5 Å². The van der Waals surface area contributed by atoms with Crippen LogP contribution in [0, 0.1) is 11.8 Å². The largest absolute Gasteiger partial charge is 0.494 e. The van der Waals surface area contributed by atoms with Crippen molar-refractivity contribution in [1.29, 1.82) is 0 Å². The van der Waals surface area contributed by atoms with Crippen LogP contribution in [-0.2, 0) is 19.5 Å². The Morgan fingerprint density at radius 1 is 1.04 bits per heavy atom. The molecule has 0 aliphatic carbocycles. The highest BCUT2D eigenvalue weighted by Gasteiger charge is 2.25. The number of fused-ring (bicyclic) bond motifs is 1. The van der Waals surface area contributed by atoms with Gasteiger partial charge in [-0.3, -0.25) is 5.32 Å². The number of rotatable bonds is 8. The van der Waals surface area contributed by atoms with Crippen molar-refractivity contribution in [1.82, 2.24) is 25.2 Å². The number of carbonyl (C=O) groups excluding carboxylic acids is 2. The molecule has 16 heteroatoms. The molecule has 3 aliphatic rings. The molecule has 5 rings (SSSR count). The fourth-order valence-corrected chi connectivity index (χ4v) is 7.20. The fourth-order valence-electron chi connectivity index (χ4n) is 5.65. The standard InChI is InChI=1S/C20H29N5O5S2.C11H22N2O2/c1-29-16-4-3-15(24-9-11-30-12-10-24)18-17(16)22-19(31-18)23-20(26)25-7-5-14(6-8-25)13-21-32(2,27)28;1-11(2,3)15-10(14)13-8-9-4-6-12-7-5-9/h3-4,14,21H,5-13H2,1-2H3,(H,22,23,26);9,12H,4-8H2,1-3H3,(H,13,14). The van der Waals surface area contributed by atoms with E-state index in [9.17, 15) is 18.0 Å². The van der Waals surface area contributed by atoms with Crippen LogP contribution in [0.2, 0.25) is 0 Å². The number of hydrogen-bond donors (Lipinski definition) is 4. The van der Waals surface area contributed by atoms with Gasteiger partial charge >= 0.3 is 12.1 Å². The van der Waals surface area contributed by atoms with E-state index in [4.69, 9.17) is 14.2 Å². The summed E-state index contributed by atoms with van der Waals surface area (Å²) in [4.78, 5) is 32.8. The Hall–Kier alpha value is -2.92. The maximum absolute atomic E-state index is 12.8. The topological polar surface area (TPSA) is 163 Å². The number of hydrogen-bond acceptors (Lipinski definition) is 11. The summed E-state index contributed by atoms with van der Waals surface area (Å²) >= 11 is 1.44. The Labute approximate surface area is 282 Å².